The summed E-state index contributed by atoms with van der Waals surface area (Å²) in [7, 11) is 0. The van der Waals surface area contributed by atoms with Gasteiger partial charge in [0, 0.05) is 31.8 Å². The number of nitrogens with one attached hydrogen (secondary N) is 1. The molecule has 0 amide bonds. The lowest BCUT2D eigenvalue weighted by Crippen LogP contribution is -1.94. The van der Waals surface area contributed by atoms with Gasteiger partial charge in [-0.25, -0.2) is 0 Å². The van der Waals surface area contributed by atoms with Crippen molar-refractivity contribution in [1.29, 1.82) is 0 Å². The van der Waals surface area contributed by atoms with E-state index in [-0.39, 0.29) is 2.85 Å². The monoisotopic (exact) mass is 456 g/mol. The van der Waals surface area contributed by atoms with E-state index in [9.17, 15) is 0 Å². The summed E-state index contributed by atoms with van der Waals surface area (Å²) in [5.41, 5.74) is 12.3. The van der Waals surface area contributed by atoms with Crippen LogP contribution in [0.5, 0.6) is 0 Å². The maximum absolute atomic E-state index is 4.25. The van der Waals surface area contributed by atoms with E-state index in [0.717, 1.165) is 25.0 Å². The summed E-state index contributed by atoms with van der Waals surface area (Å²) in [5, 5.41) is 1.39. The number of nitrogens with zero attached hydrogens (tertiary/aromatic N) is 1. The summed E-state index contributed by atoms with van der Waals surface area (Å²) in [6, 6.07) is 17.6. The van der Waals surface area contributed by atoms with Gasteiger partial charge in [-0.15, -0.1) is 0 Å². The van der Waals surface area contributed by atoms with Gasteiger partial charge >= 0.3 is 0 Å². The molecule has 4 aromatic rings. The molecule has 0 spiro atoms. The third-order valence-electron chi connectivity index (χ3n) is 6.34. The smallest absolute Gasteiger partial charge is 0.0456 e. The molecule has 0 atom stereocenters. The Morgan fingerprint density at radius 2 is 1.79 bits per heavy atom. The number of aromatic nitrogens is 2. The molecule has 2 nitrogen and oxygen atoms in total. The number of aromatic amines is 1. The quantitative estimate of drug-likeness (QED) is 0.325. The molecule has 0 saturated heterocycles. The molecule has 0 saturated carbocycles. The number of rotatable bonds is 4. The standard InChI is InChI=1S/C17H17N.C13H17N.C2H6.2H2/c1-12-8-15-4-3-5-16(17(15)9-12)11-14-6-7-18-13(2)10-14;1-4-10-8-14-13-6-5-11(9(2)3)7-12(10)13;1-2;;/h3-7,9-10H,8,11H2,1-2H3;5-9,14H,4H2,1-3H3;1-2H3;2*1H. The van der Waals surface area contributed by atoms with Gasteiger partial charge in [0.05, 0.1) is 0 Å². The maximum Gasteiger partial charge on any atom is 0.0456 e. The largest absolute Gasteiger partial charge is 0.361 e. The van der Waals surface area contributed by atoms with Gasteiger partial charge in [-0.05, 0) is 96.7 Å². The van der Waals surface area contributed by atoms with Crippen LogP contribution >= 0.6 is 0 Å². The van der Waals surface area contributed by atoms with Crippen LogP contribution in [0.1, 0.15) is 89.4 Å². The van der Waals surface area contributed by atoms with Crippen molar-refractivity contribution in [2.45, 2.75) is 73.6 Å². The van der Waals surface area contributed by atoms with Crippen LogP contribution < -0.4 is 0 Å². The summed E-state index contributed by atoms with van der Waals surface area (Å²) >= 11 is 0. The van der Waals surface area contributed by atoms with Crippen molar-refractivity contribution in [3.05, 3.63) is 106 Å². The predicted molar refractivity (Wildman–Crippen MR) is 153 cm³/mol. The lowest BCUT2D eigenvalue weighted by molar-refractivity contribution is 0.868. The first-order valence-corrected chi connectivity index (χ1v) is 12.7. The summed E-state index contributed by atoms with van der Waals surface area (Å²) in [5.74, 6) is 0.610. The van der Waals surface area contributed by atoms with Gasteiger partial charge in [0.25, 0.3) is 0 Å². The van der Waals surface area contributed by atoms with Gasteiger partial charge in [-0.3, -0.25) is 4.98 Å². The molecule has 2 heteroatoms. The summed E-state index contributed by atoms with van der Waals surface area (Å²) in [6.07, 6.45) is 9.55. The first-order chi connectivity index (χ1) is 16.4. The molecule has 1 aliphatic carbocycles. The Labute approximate surface area is 209 Å². The minimum Gasteiger partial charge on any atom is -0.361 e. The highest BCUT2D eigenvalue weighted by molar-refractivity contribution is 5.84. The molecule has 1 aliphatic rings. The SMILES string of the molecule is CC.CC1=Cc2c(cccc2Cc2ccnc(C)c2)C1.CCc1c[nH]c2ccc(C(C)C)cc12.[HH].[HH]. The average Bonchev–Trinajstić information content (AvgIpc) is 3.43. The molecule has 2 heterocycles. The van der Waals surface area contributed by atoms with E-state index in [1.165, 1.54) is 49.9 Å². The molecule has 34 heavy (non-hydrogen) atoms. The van der Waals surface area contributed by atoms with E-state index < -0.39 is 0 Å². The van der Waals surface area contributed by atoms with Crippen molar-refractivity contribution in [3.8, 4) is 0 Å². The summed E-state index contributed by atoms with van der Waals surface area (Å²) in [4.78, 5) is 7.56. The Kier molecular flexibility index (Phi) is 8.87. The van der Waals surface area contributed by atoms with Crippen molar-refractivity contribution in [2.75, 3.05) is 0 Å². The van der Waals surface area contributed by atoms with Gasteiger partial charge in [-0.2, -0.15) is 0 Å². The summed E-state index contributed by atoms with van der Waals surface area (Å²) < 4.78 is 0. The van der Waals surface area contributed by atoms with Gasteiger partial charge < -0.3 is 4.98 Å². The van der Waals surface area contributed by atoms with Crippen LogP contribution in [0, 0.1) is 6.92 Å². The van der Waals surface area contributed by atoms with Crippen LogP contribution in [-0.4, -0.2) is 9.97 Å². The first kappa shape index (κ1) is 25.5. The lowest BCUT2D eigenvalue weighted by Gasteiger charge is -2.08. The second-order valence-corrected chi connectivity index (χ2v) is 9.27. The number of H-pyrrole nitrogens is 1. The normalized spacial score (nSPS) is 11.9. The van der Waals surface area contributed by atoms with E-state index in [0.29, 0.717) is 5.92 Å². The second kappa shape index (κ2) is 11.8. The molecule has 0 fully saturated rings. The highest BCUT2D eigenvalue weighted by Crippen LogP contribution is 2.29. The zero-order valence-corrected chi connectivity index (χ0v) is 22.0. The van der Waals surface area contributed by atoms with Crippen molar-refractivity contribution >= 4 is 17.0 Å². The number of hydrogen-bond acceptors (Lipinski definition) is 1. The van der Waals surface area contributed by atoms with Crippen molar-refractivity contribution in [2.24, 2.45) is 0 Å². The van der Waals surface area contributed by atoms with E-state index >= 15 is 0 Å². The molecule has 2 aromatic heterocycles. The predicted octanol–water partition coefficient (Wildman–Crippen LogP) is 9.31. The van der Waals surface area contributed by atoms with Crippen LogP contribution in [0.2, 0.25) is 0 Å². The molecule has 0 unspecified atom stereocenters. The Bertz CT molecular complexity index is 1270. The van der Waals surface area contributed by atoms with Crippen molar-refractivity contribution in [1.82, 2.24) is 9.97 Å². The molecule has 5 rings (SSSR count). The van der Waals surface area contributed by atoms with Crippen LogP contribution in [0.15, 0.2) is 66.5 Å². The zero-order valence-electron chi connectivity index (χ0n) is 22.0. The maximum atomic E-state index is 4.25. The molecule has 1 N–H and O–H groups in total. The number of benzene rings is 2. The molecular weight excluding hydrogens is 412 g/mol. The van der Waals surface area contributed by atoms with Gasteiger partial charge in [-0.1, -0.05) is 70.5 Å². The molecule has 0 bridgehead atoms. The molecule has 2 aromatic carbocycles. The number of aryl methyl sites for hydroxylation is 2. The Hall–Kier alpha value is -3.13. The van der Waals surface area contributed by atoms with Crippen molar-refractivity contribution < 1.29 is 2.85 Å². The minimum absolute atomic E-state index is 0. The topological polar surface area (TPSA) is 28.7 Å². The van der Waals surface area contributed by atoms with E-state index in [4.69, 9.17) is 0 Å². The first-order valence-electron chi connectivity index (χ1n) is 12.7. The minimum atomic E-state index is 0. The van der Waals surface area contributed by atoms with Gasteiger partial charge in [0.2, 0.25) is 0 Å². The molecule has 182 valence electrons. The average molecular weight is 457 g/mol. The third kappa shape index (κ3) is 6.05. The molecular formula is C32H44N2. The van der Waals surface area contributed by atoms with Crippen LogP contribution in [0.25, 0.3) is 17.0 Å². The van der Waals surface area contributed by atoms with Crippen LogP contribution in [0.4, 0.5) is 0 Å². The fourth-order valence-corrected chi connectivity index (χ4v) is 4.54. The van der Waals surface area contributed by atoms with E-state index in [2.05, 4.69) is 98.5 Å². The number of pyridine rings is 1. The van der Waals surface area contributed by atoms with Crippen LogP contribution in [0.3, 0.4) is 0 Å². The third-order valence-corrected chi connectivity index (χ3v) is 6.34. The Balaban J connectivity index is 0.000000328. The fraction of sp³-hybridized carbons (Fsp3) is 0.344. The van der Waals surface area contributed by atoms with E-state index in [1.54, 1.807) is 0 Å². The lowest BCUT2D eigenvalue weighted by atomic mass is 9.97. The van der Waals surface area contributed by atoms with Crippen LogP contribution in [-0.2, 0) is 19.3 Å². The number of fused-ring (bicyclic) bond motifs is 2. The highest BCUT2D eigenvalue weighted by Gasteiger charge is 2.13. The number of allylic oxidation sites excluding steroid dienone is 1. The second-order valence-electron chi connectivity index (χ2n) is 9.27. The van der Waals surface area contributed by atoms with Gasteiger partial charge in [0.1, 0.15) is 0 Å². The zero-order chi connectivity index (χ0) is 24.7. The molecule has 0 radical (unpaired) electrons. The van der Waals surface area contributed by atoms with Crippen molar-refractivity contribution in [3.63, 3.8) is 0 Å². The Morgan fingerprint density at radius 1 is 1.00 bits per heavy atom. The number of hydrogen-bond donors (Lipinski definition) is 1. The Morgan fingerprint density at radius 3 is 2.50 bits per heavy atom. The van der Waals surface area contributed by atoms with E-state index in [1.807, 2.05) is 27.0 Å². The fourth-order valence-electron chi connectivity index (χ4n) is 4.54. The highest BCUT2D eigenvalue weighted by atomic mass is 14.7. The van der Waals surface area contributed by atoms with Gasteiger partial charge in [0.15, 0.2) is 0 Å². The summed E-state index contributed by atoms with van der Waals surface area (Å²) in [6.45, 7) is 14.9. The molecule has 0 aliphatic heterocycles.